The van der Waals surface area contributed by atoms with Crippen LogP contribution >= 0.6 is 10.8 Å². The van der Waals surface area contributed by atoms with Crippen LogP contribution < -0.4 is 0 Å². The van der Waals surface area contributed by atoms with Gasteiger partial charge < -0.3 is 0 Å². The van der Waals surface area contributed by atoms with E-state index in [1.807, 2.05) is 39.0 Å². The molecule has 0 bridgehead atoms. The molecular weight excluding hydrogens is 308 g/mol. The Hall–Kier alpha value is -0.800. The standard InChI is InChI=1S/C17H22OS2.C2H6/c1-14(15-10-6-4-7-11-15)20(18)19-17(2,3)16-12-8-5-9-13-16;1-2/h4,6-8,10-14H,5,9H2,1-3H3;1-2H3/t14?,20-;/m1./s1. The molecule has 1 nitrogen and oxygen atoms in total. The van der Waals surface area contributed by atoms with Gasteiger partial charge in [-0.3, -0.25) is 0 Å². The minimum Gasteiger partial charge on any atom is -0.247 e. The van der Waals surface area contributed by atoms with Crippen LogP contribution in [0.25, 0.3) is 0 Å². The average Bonchev–Trinajstić information content (AvgIpc) is 2.57. The SMILES string of the molecule is CC.CC(c1ccccc1)[S@](=O)SC(C)(C)C1=CCCC=C1. The number of benzene rings is 1. The molecule has 122 valence electrons. The van der Waals surface area contributed by atoms with Gasteiger partial charge in [0.15, 0.2) is 0 Å². The molecule has 0 fully saturated rings. The zero-order valence-corrected chi connectivity index (χ0v) is 16.0. The number of hydrogen-bond acceptors (Lipinski definition) is 2. The first-order valence-corrected chi connectivity index (χ1v) is 10.6. The van der Waals surface area contributed by atoms with Crippen molar-refractivity contribution in [1.82, 2.24) is 0 Å². The molecule has 1 aliphatic carbocycles. The first-order valence-electron chi connectivity index (χ1n) is 8.03. The highest BCUT2D eigenvalue weighted by Gasteiger charge is 2.28. The molecule has 1 aliphatic rings. The van der Waals surface area contributed by atoms with Crippen LogP contribution in [0.1, 0.15) is 58.3 Å². The van der Waals surface area contributed by atoms with E-state index in [1.165, 1.54) is 5.57 Å². The van der Waals surface area contributed by atoms with E-state index >= 15 is 0 Å². The Morgan fingerprint density at radius 3 is 2.32 bits per heavy atom. The maximum Gasteiger partial charge on any atom is 0.0885 e. The van der Waals surface area contributed by atoms with Gasteiger partial charge in [-0.25, -0.2) is 4.21 Å². The van der Waals surface area contributed by atoms with Gasteiger partial charge in [-0.05, 0) is 55.5 Å². The van der Waals surface area contributed by atoms with Crippen molar-refractivity contribution in [3.8, 4) is 0 Å². The summed E-state index contributed by atoms with van der Waals surface area (Å²) in [5.41, 5.74) is 2.43. The Morgan fingerprint density at radius 1 is 1.14 bits per heavy atom. The first-order chi connectivity index (χ1) is 10.5. The van der Waals surface area contributed by atoms with Gasteiger partial charge in [-0.2, -0.15) is 0 Å². The average molecular weight is 337 g/mol. The second-order valence-electron chi connectivity index (χ2n) is 5.55. The zero-order valence-electron chi connectivity index (χ0n) is 14.3. The van der Waals surface area contributed by atoms with Gasteiger partial charge in [0, 0.05) is 4.75 Å². The molecule has 3 heteroatoms. The lowest BCUT2D eigenvalue weighted by Crippen LogP contribution is -2.20. The molecule has 22 heavy (non-hydrogen) atoms. The molecule has 0 aliphatic heterocycles. The smallest absolute Gasteiger partial charge is 0.0885 e. The van der Waals surface area contributed by atoms with E-state index in [4.69, 9.17) is 0 Å². The van der Waals surface area contributed by atoms with Crippen LogP contribution in [0.2, 0.25) is 0 Å². The van der Waals surface area contributed by atoms with E-state index in [2.05, 4.69) is 44.2 Å². The third kappa shape index (κ3) is 5.44. The Labute approximate surface area is 142 Å². The van der Waals surface area contributed by atoms with Gasteiger partial charge in [-0.15, -0.1) is 0 Å². The number of hydrogen-bond donors (Lipinski definition) is 0. The van der Waals surface area contributed by atoms with E-state index in [9.17, 15) is 4.21 Å². The Bertz CT molecular complexity index is 530. The monoisotopic (exact) mass is 336 g/mol. The van der Waals surface area contributed by atoms with Crippen molar-refractivity contribution in [2.24, 2.45) is 0 Å². The van der Waals surface area contributed by atoms with Crippen molar-refractivity contribution >= 4 is 20.6 Å². The summed E-state index contributed by atoms with van der Waals surface area (Å²) in [7, 11) is 0.619. The highest BCUT2D eigenvalue weighted by atomic mass is 33.1. The van der Waals surface area contributed by atoms with Crippen molar-refractivity contribution < 1.29 is 4.21 Å². The van der Waals surface area contributed by atoms with Crippen molar-refractivity contribution in [1.29, 1.82) is 0 Å². The van der Waals surface area contributed by atoms with Crippen LogP contribution in [0.15, 0.2) is 54.1 Å². The summed E-state index contributed by atoms with van der Waals surface area (Å²) in [5, 5.41) is 0.0497. The molecule has 2 atom stereocenters. The largest absolute Gasteiger partial charge is 0.247 e. The van der Waals surface area contributed by atoms with Gasteiger partial charge >= 0.3 is 0 Å². The van der Waals surface area contributed by atoms with Crippen LogP contribution in [0.3, 0.4) is 0 Å². The van der Waals surface area contributed by atoms with Crippen LogP contribution in [-0.4, -0.2) is 8.96 Å². The molecule has 0 radical (unpaired) electrons. The molecule has 1 aromatic carbocycles. The number of rotatable bonds is 5. The summed E-state index contributed by atoms with van der Waals surface area (Å²) in [6.07, 6.45) is 8.88. The summed E-state index contributed by atoms with van der Waals surface area (Å²) in [5.74, 6) is 0. The molecule has 0 saturated heterocycles. The molecule has 0 saturated carbocycles. The molecule has 0 heterocycles. The summed E-state index contributed by atoms with van der Waals surface area (Å²) >= 11 is 0. The van der Waals surface area contributed by atoms with Gasteiger partial charge in [0.05, 0.1) is 15.1 Å². The molecule has 0 aromatic heterocycles. The molecule has 0 spiro atoms. The predicted molar refractivity (Wildman–Crippen MR) is 102 cm³/mol. The summed E-state index contributed by atoms with van der Waals surface area (Å²) in [6, 6.07) is 10.1. The summed E-state index contributed by atoms with van der Waals surface area (Å²) in [4.78, 5) is 0. The van der Waals surface area contributed by atoms with Crippen molar-refractivity contribution in [2.75, 3.05) is 0 Å². The normalized spacial score (nSPS) is 17.0. The van der Waals surface area contributed by atoms with Crippen molar-refractivity contribution in [3.63, 3.8) is 0 Å². The van der Waals surface area contributed by atoms with Crippen LogP contribution in [0.5, 0.6) is 0 Å². The lowest BCUT2D eigenvalue weighted by atomic mass is 9.96. The van der Waals surface area contributed by atoms with Gasteiger partial charge in [0.2, 0.25) is 0 Å². The Morgan fingerprint density at radius 2 is 1.77 bits per heavy atom. The fourth-order valence-electron chi connectivity index (χ4n) is 2.22. The fraction of sp³-hybridized carbons (Fsp3) is 0.474. The van der Waals surface area contributed by atoms with E-state index in [-0.39, 0.29) is 10.00 Å². The molecule has 0 amide bonds. The van der Waals surface area contributed by atoms with Crippen LogP contribution in [-0.2, 0) is 9.83 Å². The van der Waals surface area contributed by atoms with E-state index in [0.717, 1.165) is 18.4 Å². The van der Waals surface area contributed by atoms with Crippen LogP contribution in [0.4, 0.5) is 0 Å². The number of allylic oxidation sites excluding steroid dienone is 3. The van der Waals surface area contributed by atoms with Crippen molar-refractivity contribution in [3.05, 3.63) is 59.7 Å². The van der Waals surface area contributed by atoms with E-state index in [0.29, 0.717) is 0 Å². The molecular formula is C19H28OS2. The highest BCUT2D eigenvalue weighted by molar-refractivity contribution is 8.69. The third-order valence-corrected chi connectivity index (χ3v) is 7.81. The van der Waals surface area contributed by atoms with Crippen molar-refractivity contribution in [2.45, 2.75) is 57.5 Å². The van der Waals surface area contributed by atoms with E-state index < -0.39 is 9.83 Å². The Balaban J connectivity index is 0.00000116. The zero-order chi connectivity index (χ0) is 16.6. The highest BCUT2D eigenvalue weighted by Crippen LogP contribution is 2.41. The lowest BCUT2D eigenvalue weighted by Gasteiger charge is -2.27. The first kappa shape index (κ1) is 19.2. The predicted octanol–water partition coefficient (Wildman–Crippen LogP) is 6.23. The maximum absolute atomic E-state index is 12.6. The lowest BCUT2D eigenvalue weighted by molar-refractivity contribution is 0.684. The fourth-order valence-corrected chi connectivity index (χ4v) is 5.69. The van der Waals surface area contributed by atoms with Gasteiger partial charge in [0.1, 0.15) is 0 Å². The maximum atomic E-state index is 12.6. The van der Waals surface area contributed by atoms with Crippen LogP contribution in [0, 0.1) is 0 Å². The molecule has 2 rings (SSSR count). The Kier molecular flexibility index (Phi) is 8.19. The second kappa shape index (κ2) is 9.36. The molecule has 1 unspecified atom stereocenters. The quantitative estimate of drug-likeness (QED) is 0.593. The minimum absolute atomic E-state index is 0.0497. The second-order valence-corrected chi connectivity index (χ2v) is 9.45. The van der Waals surface area contributed by atoms with Gasteiger partial charge in [0.25, 0.3) is 0 Å². The topological polar surface area (TPSA) is 17.1 Å². The van der Waals surface area contributed by atoms with Gasteiger partial charge in [-0.1, -0.05) is 62.4 Å². The van der Waals surface area contributed by atoms with E-state index in [1.54, 1.807) is 10.8 Å². The summed E-state index contributed by atoms with van der Waals surface area (Å²) in [6.45, 7) is 10.4. The minimum atomic E-state index is -0.945. The molecule has 1 aromatic rings. The summed E-state index contributed by atoms with van der Waals surface area (Å²) < 4.78 is 12.5. The molecule has 0 N–H and O–H groups in total. The third-order valence-electron chi connectivity index (χ3n) is 3.54.